The summed E-state index contributed by atoms with van der Waals surface area (Å²) >= 11 is 0. The van der Waals surface area contributed by atoms with Crippen molar-refractivity contribution in [2.75, 3.05) is 6.26 Å². The Bertz CT molecular complexity index is 1200. The zero-order valence-electron chi connectivity index (χ0n) is 17.3. The van der Waals surface area contributed by atoms with Crippen LogP contribution in [-0.2, 0) is 26.0 Å². The first-order valence-corrected chi connectivity index (χ1v) is 11.9. The van der Waals surface area contributed by atoms with Gasteiger partial charge in [0, 0.05) is 24.6 Å². The van der Waals surface area contributed by atoms with Gasteiger partial charge in [0.05, 0.1) is 15.9 Å². The van der Waals surface area contributed by atoms with E-state index in [0.29, 0.717) is 6.42 Å². The molecule has 162 valence electrons. The van der Waals surface area contributed by atoms with Crippen LogP contribution in [0.1, 0.15) is 30.7 Å². The quantitative estimate of drug-likeness (QED) is 0.518. The van der Waals surface area contributed by atoms with Crippen LogP contribution in [-0.4, -0.2) is 42.5 Å². The number of carbonyl (C=O) groups is 2. The van der Waals surface area contributed by atoms with E-state index in [-0.39, 0.29) is 35.1 Å². The number of rotatable bonds is 7. The molecule has 0 bridgehead atoms. The van der Waals surface area contributed by atoms with E-state index in [4.69, 9.17) is 0 Å². The number of imidazole rings is 1. The fourth-order valence-electron chi connectivity index (χ4n) is 3.52. The lowest BCUT2D eigenvalue weighted by Gasteiger charge is -2.14. The number of aromatic amines is 1. The number of aromatic nitrogens is 2. The van der Waals surface area contributed by atoms with Crippen molar-refractivity contribution in [3.8, 4) is 0 Å². The maximum atomic E-state index is 12.5. The van der Waals surface area contributed by atoms with Gasteiger partial charge in [0.15, 0.2) is 9.84 Å². The molecule has 1 fully saturated rings. The van der Waals surface area contributed by atoms with E-state index >= 15 is 0 Å². The summed E-state index contributed by atoms with van der Waals surface area (Å²) < 4.78 is 23.0. The molecule has 1 aliphatic carbocycles. The first-order valence-electron chi connectivity index (χ1n) is 10.0. The van der Waals surface area contributed by atoms with Gasteiger partial charge in [-0.25, -0.2) is 13.4 Å². The van der Waals surface area contributed by atoms with Crippen molar-refractivity contribution in [2.45, 2.75) is 36.7 Å². The Morgan fingerprint density at radius 2 is 1.87 bits per heavy atom. The molecule has 0 spiro atoms. The highest BCUT2D eigenvalue weighted by molar-refractivity contribution is 7.90. The molecule has 1 aromatic heterocycles. The summed E-state index contributed by atoms with van der Waals surface area (Å²) in [7, 11) is -3.25. The molecule has 3 N–H and O–H groups in total. The number of carbonyl (C=O) groups excluding carboxylic acids is 2. The predicted molar refractivity (Wildman–Crippen MR) is 116 cm³/mol. The molecule has 4 rings (SSSR count). The van der Waals surface area contributed by atoms with Gasteiger partial charge in [0.25, 0.3) is 0 Å². The lowest BCUT2D eigenvalue weighted by Crippen LogP contribution is -2.45. The van der Waals surface area contributed by atoms with Crippen LogP contribution in [0.3, 0.4) is 0 Å². The molecular formula is C22H24N4O4S. The summed E-state index contributed by atoms with van der Waals surface area (Å²) in [5, 5.41) is 5.53. The lowest BCUT2D eigenvalue weighted by molar-refractivity contribution is -0.129. The van der Waals surface area contributed by atoms with Gasteiger partial charge < -0.3 is 15.6 Å². The average molecular weight is 441 g/mol. The Kier molecular flexibility index (Phi) is 5.53. The van der Waals surface area contributed by atoms with E-state index in [1.165, 1.54) is 12.1 Å². The SMILES string of the molecule is CC(NC(=O)C1CC1c1nc2ccccc2[nH]1)C(=O)NCc1ccc(S(C)(=O)=O)cc1. The van der Waals surface area contributed by atoms with Gasteiger partial charge in [0.1, 0.15) is 11.9 Å². The standard InChI is InChI=1S/C22H24N4O4S/c1-13(21(27)23-12-14-7-9-15(10-8-14)31(2,29)30)24-22(28)17-11-16(17)20-25-18-5-3-4-6-19(18)26-20/h3-10,13,16-17H,11-12H2,1-2H3,(H,23,27)(H,24,28)(H,25,26). The van der Waals surface area contributed by atoms with E-state index in [2.05, 4.69) is 20.6 Å². The fourth-order valence-corrected chi connectivity index (χ4v) is 4.15. The highest BCUT2D eigenvalue weighted by Crippen LogP contribution is 2.46. The van der Waals surface area contributed by atoms with E-state index in [1.54, 1.807) is 19.1 Å². The minimum Gasteiger partial charge on any atom is -0.350 e. The zero-order chi connectivity index (χ0) is 22.2. The van der Waals surface area contributed by atoms with Gasteiger partial charge >= 0.3 is 0 Å². The molecule has 3 atom stereocenters. The molecule has 2 aromatic carbocycles. The number of benzene rings is 2. The molecule has 31 heavy (non-hydrogen) atoms. The van der Waals surface area contributed by atoms with Gasteiger partial charge in [-0.05, 0) is 43.2 Å². The molecule has 1 heterocycles. The van der Waals surface area contributed by atoms with Crippen LogP contribution in [0.25, 0.3) is 11.0 Å². The van der Waals surface area contributed by atoms with Crippen molar-refractivity contribution in [2.24, 2.45) is 5.92 Å². The monoisotopic (exact) mass is 440 g/mol. The smallest absolute Gasteiger partial charge is 0.242 e. The van der Waals surface area contributed by atoms with Crippen molar-refractivity contribution in [1.29, 1.82) is 0 Å². The number of sulfone groups is 1. The zero-order valence-corrected chi connectivity index (χ0v) is 18.1. The molecule has 8 nitrogen and oxygen atoms in total. The Morgan fingerprint density at radius 3 is 2.55 bits per heavy atom. The molecular weight excluding hydrogens is 416 g/mol. The van der Waals surface area contributed by atoms with Crippen molar-refractivity contribution in [1.82, 2.24) is 20.6 Å². The molecule has 1 saturated carbocycles. The largest absolute Gasteiger partial charge is 0.350 e. The molecule has 9 heteroatoms. The second-order valence-electron chi connectivity index (χ2n) is 7.95. The number of para-hydroxylation sites is 2. The Morgan fingerprint density at radius 1 is 1.16 bits per heavy atom. The summed E-state index contributed by atoms with van der Waals surface area (Å²) in [5.41, 5.74) is 2.59. The number of nitrogens with one attached hydrogen (secondary N) is 3. The summed E-state index contributed by atoms with van der Waals surface area (Å²) in [6.07, 6.45) is 1.85. The number of H-pyrrole nitrogens is 1. The fraction of sp³-hybridized carbons (Fsp3) is 0.318. The van der Waals surface area contributed by atoms with Crippen LogP contribution in [0.15, 0.2) is 53.4 Å². The molecule has 2 amide bonds. The molecule has 3 unspecified atom stereocenters. The van der Waals surface area contributed by atoms with Gasteiger partial charge in [-0.3, -0.25) is 9.59 Å². The second kappa shape index (κ2) is 8.14. The van der Waals surface area contributed by atoms with E-state index in [1.807, 2.05) is 24.3 Å². The van der Waals surface area contributed by atoms with Crippen molar-refractivity contribution < 1.29 is 18.0 Å². The van der Waals surface area contributed by atoms with Gasteiger partial charge in [-0.2, -0.15) is 0 Å². The number of fused-ring (bicyclic) bond motifs is 1. The number of hydrogen-bond acceptors (Lipinski definition) is 5. The van der Waals surface area contributed by atoms with Crippen LogP contribution in [0, 0.1) is 5.92 Å². The highest BCUT2D eigenvalue weighted by atomic mass is 32.2. The number of amides is 2. The van der Waals surface area contributed by atoms with Crippen LogP contribution in [0.5, 0.6) is 0 Å². The van der Waals surface area contributed by atoms with Crippen molar-refractivity contribution in [3.05, 3.63) is 59.9 Å². The van der Waals surface area contributed by atoms with Crippen LogP contribution in [0.2, 0.25) is 0 Å². The van der Waals surface area contributed by atoms with E-state index < -0.39 is 15.9 Å². The first kappa shape index (κ1) is 21.0. The molecule has 0 aliphatic heterocycles. The number of nitrogens with zero attached hydrogens (tertiary/aromatic N) is 1. The maximum Gasteiger partial charge on any atom is 0.242 e. The third-order valence-corrected chi connectivity index (χ3v) is 6.58. The summed E-state index contributed by atoms with van der Waals surface area (Å²) in [6, 6.07) is 13.4. The molecule has 0 radical (unpaired) electrons. The summed E-state index contributed by atoms with van der Waals surface area (Å²) in [6.45, 7) is 1.88. The van der Waals surface area contributed by atoms with E-state index in [0.717, 1.165) is 28.7 Å². The van der Waals surface area contributed by atoms with Crippen molar-refractivity contribution >= 4 is 32.7 Å². The summed E-state index contributed by atoms with van der Waals surface area (Å²) in [5.74, 6) is 0.179. The molecule has 1 aliphatic rings. The Hall–Kier alpha value is -3.20. The Balaban J connectivity index is 1.27. The Labute approximate surface area is 180 Å². The maximum absolute atomic E-state index is 12.5. The summed E-state index contributed by atoms with van der Waals surface area (Å²) in [4.78, 5) is 32.9. The third-order valence-electron chi connectivity index (χ3n) is 5.46. The minimum absolute atomic E-state index is 0.0380. The molecule has 0 saturated heterocycles. The molecule has 3 aromatic rings. The lowest BCUT2D eigenvalue weighted by atomic mass is 10.2. The minimum atomic E-state index is -3.25. The first-order chi connectivity index (χ1) is 14.7. The topological polar surface area (TPSA) is 121 Å². The highest BCUT2D eigenvalue weighted by Gasteiger charge is 2.46. The average Bonchev–Trinajstić information content (AvgIpc) is 3.43. The van der Waals surface area contributed by atoms with Crippen molar-refractivity contribution in [3.63, 3.8) is 0 Å². The van der Waals surface area contributed by atoms with Crippen LogP contribution < -0.4 is 10.6 Å². The van der Waals surface area contributed by atoms with E-state index in [9.17, 15) is 18.0 Å². The van der Waals surface area contributed by atoms with Gasteiger partial charge in [-0.1, -0.05) is 24.3 Å². The van der Waals surface area contributed by atoms with Crippen LogP contribution in [0.4, 0.5) is 0 Å². The van der Waals surface area contributed by atoms with Gasteiger partial charge in [0.2, 0.25) is 11.8 Å². The third kappa shape index (κ3) is 4.77. The second-order valence-corrected chi connectivity index (χ2v) is 9.97. The predicted octanol–water partition coefficient (Wildman–Crippen LogP) is 1.89. The normalized spacial score (nSPS) is 19.0. The van der Waals surface area contributed by atoms with Crippen LogP contribution >= 0.6 is 0 Å². The number of hydrogen-bond donors (Lipinski definition) is 3. The van der Waals surface area contributed by atoms with Gasteiger partial charge in [-0.15, -0.1) is 0 Å².